The van der Waals surface area contributed by atoms with Crippen molar-refractivity contribution in [2.75, 3.05) is 26.4 Å². The molecule has 0 aliphatic heterocycles. The molecule has 0 radical (unpaired) electrons. The van der Waals surface area contributed by atoms with E-state index in [9.17, 15) is 229 Å². The van der Waals surface area contributed by atoms with Gasteiger partial charge in [-0.3, -0.25) is 0 Å². The van der Waals surface area contributed by atoms with Gasteiger partial charge in [-0.05, 0) is 108 Å². The molecule has 0 N–H and O–H groups in total. The Kier molecular flexibility index (Phi) is 27.4. The predicted octanol–water partition coefficient (Wildman–Crippen LogP) is 26.4. The summed E-state index contributed by atoms with van der Waals surface area (Å²) in [6.45, 7) is -6.32. The maximum Gasteiger partial charge on any atom is 0.460 e. The first kappa shape index (κ1) is 102. The highest BCUT2D eigenvalue weighted by Crippen LogP contribution is 2.69. The summed E-state index contributed by atoms with van der Waals surface area (Å²) in [5.41, 5.74) is -0.674. The van der Waals surface area contributed by atoms with Gasteiger partial charge in [-0.25, -0.2) is 4.79 Å². The van der Waals surface area contributed by atoms with Crippen molar-refractivity contribution in [1.82, 2.24) is 0 Å². The van der Waals surface area contributed by atoms with Crippen LogP contribution in [0.2, 0.25) is 0 Å². The van der Waals surface area contributed by atoms with Gasteiger partial charge in [-0.1, -0.05) is 54.6 Å². The van der Waals surface area contributed by atoms with E-state index in [-0.39, 0.29) is 31.4 Å². The molecule has 56 heteroatoms. The fraction of sp³-hybridized carbons (Fsp3) is 0.635. The molecule has 0 aliphatic carbocycles. The van der Waals surface area contributed by atoms with Gasteiger partial charge in [-0.2, -0.15) is 224 Å². The van der Waals surface area contributed by atoms with Crippen LogP contribution in [0.25, 0.3) is 32.3 Å². The van der Waals surface area contributed by atoms with Gasteiger partial charge < -0.3 is 18.9 Å². The first-order valence-electron chi connectivity index (χ1n) is 31.9. The predicted molar refractivity (Wildman–Crippen MR) is 300 cm³/mol. The third kappa shape index (κ3) is 16.4. The van der Waals surface area contributed by atoms with Crippen LogP contribution in [0.15, 0.2) is 66.7 Å². The molecule has 682 valence electrons. The second kappa shape index (κ2) is 32.0. The summed E-state index contributed by atoms with van der Waals surface area (Å²) < 4.78 is 732. The van der Waals surface area contributed by atoms with Crippen LogP contribution >= 0.6 is 0 Å². The number of ether oxygens (including phenoxy) is 4. The lowest BCUT2D eigenvalue weighted by Crippen LogP contribution is -2.74. The van der Waals surface area contributed by atoms with Crippen molar-refractivity contribution in [2.45, 2.75) is 220 Å². The minimum Gasteiger partial charge on any atom is -0.490 e. The lowest BCUT2D eigenvalue weighted by molar-refractivity contribution is -0.461. The summed E-state index contributed by atoms with van der Waals surface area (Å²) in [5.74, 6) is -188. The van der Waals surface area contributed by atoms with Crippen molar-refractivity contribution >= 4 is 38.3 Å². The lowest BCUT2D eigenvalue weighted by atomic mass is 9.88. The van der Waals surface area contributed by atoms with E-state index in [0.717, 1.165) is 26.9 Å². The van der Waals surface area contributed by atoms with Crippen LogP contribution in [0, 0.1) is 0 Å². The second-order valence-electron chi connectivity index (χ2n) is 25.8. The van der Waals surface area contributed by atoms with Gasteiger partial charge in [-0.15, -0.1) is 0 Å². The molecule has 5 nitrogen and oxygen atoms in total. The number of esters is 1. The molecule has 5 aromatic carbocycles. The molecule has 0 aromatic heterocycles. The highest BCUT2D eigenvalue weighted by molar-refractivity contribution is 6.23. The molecule has 0 fully saturated rings. The number of benzene rings is 5. The first-order chi connectivity index (χ1) is 52.8. The Labute approximate surface area is 627 Å². The maximum atomic E-state index is 14.9. The fourth-order valence-electron chi connectivity index (χ4n) is 10.7. The zero-order valence-electron chi connectivity index (χ0n) is 57.0. The van der Waals surface area contributed by atoms with Crippen LogP contribution in [0.3, 0.4) is 0 Å². The minimum atomic E-state index is -9.15. The number of rotatable bonds is 42. The zero-order chi connectivity index (χ0) is 92.8. The molecule has 0 spiro atoms. The van der Waals surface area contributed by atoms with Gasteiger partial charge in [0, 0.05) is 19.3 Å². The van der Waals surface area contributed by atoms with Gasteiger partial charge in [0.25, 0.3) is 0 Å². The number of hydrogen-bond acceptors (Lipinski definition) is 5. The fourth-order valence-corrected chi connectivity index (χ4v) is 10.7. The Morgan fingerprint density at radius 3 is 0.807 bits per heavy atom. The standard InChI is InChI=1S/C63H43F51O5/c64-40(65,43(70,71)46(76,77)49(82,83)52(88,89)55(94,95)58(100,101)61(106,107)108)19-2-6-22-116-34-26-32(39(115)119-25-5-1-10-28-13-14-31-16-15-29-11-9-12-30-17-18-33(28)37(31)36(29)30)27-35(117-23-7-3-20-41(66,67)44(72,73)47(78,79)50(84,85)53(90,91)56(96,97)59(102,103)62(109,110)111)38(34)118-24-8-4-21-42(68,69)45(74,75)48(80,81)51(86,87)54(92,93)57(98,99)60(104,105)63(112,113)114/h9,11-18,26-27H,1-8,10,19-25H2. The monoisotopic (exact) mass is 1850 g/mol. The zero-order valence-corrected chi connectivity index (χ0v) is 57.0. The van der Waals surface area contributed by atoms with E-state index in [1.165, 1.54) is 0 Å². The topological polar surface area (TPSA) is 54.0 Å². The maximum absolute atomic E-state index is 14.9. The van der Waals surface area contributed by atoms with Crippen LogP contribution in [-0.4, -0.2) is 175 Å². The first-order valence-corrected chi connectivity index (χ1v) is 31.9. The van der Waals surface area contributed by atoms with Gasteiger partial charge in [0.1, 0.15) is 0 Å². The van der Waals surface area contributed by atoms with E-state index >= 15 is 0 Å². The Bertz CT molecular complexity index is 4170. The summed E-state index contributed by atoms with van der Waals surface area (Å²) in [4.78, 5) is 13.7. The highest BCUT2D eigenvalue weighted by atomic mass is 19.5. The molecular weight excluding hydrogens is 1810 g/mol. The smallest absolute Gasteiger partial charge is 0.460 e. The summed E-state index contributed by atoms with van der Waals surface area (Å²) in [6, 6.07) is 15.7. The largest absolute Gasteiger partial charge is 0.490 e. The third-order valence-electron chi connectivity index (χ3n) is 17.7. The number of halogens is 51. The summed E-state index contributed by atoms with van der Waals surface area (Å²) in [7, 11) is 0. The normalized spacial score (nSPS) is 15.4. The molecule has 0 bridgehead atoms. The van der Waals surface area contributed by atoms with E-state index in [1.54, 1.807) is 54.6 Å². The van der Waals surface area contributed by atoms with Crippen LogP contribution in [0.4, 0.5) is 224 Å². The van der Waals surface area contributed by atoms with Crippen molar-refractivity contribution in [3.63, 3.8) is 0 Å². The van der Waals surface area contributed by atoms with Gasteiger partial charge >= 0.3 is 149 Å². The van der Waals surface area contributed by atoms with Crippen LogP contribution in [-0.2, 0) is 11.2 Å². The third-order valence-corrected chi connectivity index (χ3v) is 17.7. The molecular formula is C63H43F51O5. The summed E-state index contributed by atoms with van der Waals surface area (Å²) in [5, 5.41) is 4.46. The average Bonchev–Trinajstić information content (AvgIpc) is 0.702. The Morgan fingerprint density at radius 2 is 0.504 bits per heavy atom. The Balaban J connectivity index is 1.55. The molecule has 0 saturated heterocycles. The molecule has 0 amide bonds. The highest BCUT2D eigenvalue weighted by Gasteiger charge is 2.99. The number of carbonyl (C=O) groups excluding carboxylic acids is 1. The molecule has 5 rings (SSSR count). The number of unbranched alkanes of at least 4 members (excludes halogenated alkanes) is 4. The van der Waals surface area contributed by atoms with E-state index in [0.29, 0.717) is 10.9 Å². The summed E-state index contributed by atoms with van der Waals surface area (Å²) >= 11 is 0. The number of alkyl halides is 51. The number of aryl methyl sites for hydroxylation is 1. The molecule has 0 atom stereocenters. The van der Waals surface area contributed by atoms with Gasteiger partial charge in [0.15, 0.2) is 11.5 Å². The average molecular weight is 1850 g/mol. The van der Waals surface area contributed by atoms with E-state index in [2.05, 4.69) is 0 Å². The van der Waals surface area contributed by atoms with Crippen LogP contribution in [0.1, 0.15) is 86.6 Å². The van der Waals surface area contributed by atoms with Gasteiger partial charge in [0.2, 0.25) is 5.75 Å². The van der Waals surface area contributed by atoms with Crippen molar-refractivity contribution in [3.8, 4) is 17.2 Å². The van der Waals surface area contributed by atoms with Crippen LogP contribution in [0.5, 0.6) is 17.2 Å². The SMILES string of the molecule is O=C(OCCCCc1ccc2ccc3cccc4ccc1c2c34)c1cc(OCCCCC(F)(F)C(F)(F)C(F)(F)C(F)(F)C(F)(F)C(F)(F)C(F)(F)C(F)(F)F)c(OCCCCC(F)(F)C(F)(F)C(F)(F)C(F)(F)C(F)(F)C(F)(F)C(F)(F)C(F)(F)F)c(OCCCCC(F)(F)C(F)(F)C(F)(F)C(F)(F)C(F)(F)C(F)(F)C(F)(F)C(F)(F)F)c1. The second-order valence-corrected chi connectivity index (χ2v) is 25.8. The van der Waals surface area contributed by atoms with Crippen molar-refractivity contribution in [1.29, 1.82) is 0 Å². The summed E-state index contributed by atoms with van der Waals surface area (Å²) in [6.07, 6.45) is -46.3. The molecule has 0 unspecified atom stereocenters. The van der Waals surface area contributed by atoms with Crippen molar-refractivity contribution in [2.24, 2.45) is 0 Å². The minimum absolute atomic E-state index is 0.00434. The number of hydrogen-bond donors (Lipinski definition) is 0. The van der Waals surface area contributed by atoms with E-state index < -0.39 is 256 Å². The molecule has 5 aromatic rings. The van der Waals surface area contributed by atoms with E-state index in [1.807, 2.05) is 0 Å². The van der Waals surface area contributed by atoms with E-state index in [4.69, 9.17) is 18.9 Å². The Morgan fingerprint density at radius 1 is 0.252 bits per heavy atom. The molecule has 119 heavy (non-hydrogen) atoms. The quantitative estimate of drug-likeness (QED) is 0.0169. The Hall–Kier alpha value is -7.56. The van der Waals surface area contributed by atoms with Crippen molar-refractivity contribution in [3.05, 3.63) is 77.9 Å². The lowest BCUT2D eigenvalue weighted by Gasteiger charge is -2.42. The van der Waals surface area contributed by atoms with Gasteiger partial charge in [0.05, 0.1) is 32.0 Å². The number of carbonyl (C=O) groups is 1. The molecule has 0 aliphatic rings. The molecule has 0 heterocycles. The van der Waals surface area contributed by atoms with Crippen molar-refractivity contribution < 1.29 is 248 Å². The molecule has 0 saturated carbocycles. The van der Waals surface area contributed by atoms with Crippen LogP contribution < -0.4 is 14.2 Å².